The lowest BCUT2D eigenvalue weighted by Crippen LogP contribution is -2.15. The first-order chi connectivity index (χ1) is 7.22. The average Bonchev–Trinajstić information content (AvgIpc) is 2.27. The molecule has 1 unspecified atom stereocenters. The minimum absolute atomic E-state index is 0.244. The molecule has 0 fully saturated rings. The van der Waals surface area contributed by atoms with Crippen LogP contribution < -0.4 is 0 Å². The molecule has 0 aromatic heterocycles. The number of hydrogen-bond donors (Lipinski definition) is 1. The molecule has 0 amide bonds. The molecule has 2 heteroatoms. The molecule has 1 N–H and O–H groups in total. The molecule has 0 radical (unpaired) electrons. The molecule has 0 saturated heterocycles. The van der Waals surface area contributed by atoms with Crippen molar-refractivity contribution in [2.24, 2.45) is 5.92 Å². The van der Waals surface area contributed by atoms with Gasteiger partial charge >= 0.3 is 0 Å². The van der Waals surface area contributed by atoms with E-state index in [0.717, 1.165) is 17.3 Å². The van der Waals surface area contributed by atoms with Crippen LogP contribution in [0.25, 0.3) is 0 Å². The van der Waals surface area contributed by atoms with Gasteiger partial charge in [-0.25, -0.2) is 0 Å². The van der Waals surface area contributed by atoms with Gasteiger partial charge in [-0.3, -0.25) is 0 Å². The lowest BCUT2D eigenvalue weighted by Gasteiger charge is -2.23. The number of benzene rings is 1. The van der Waals surface area contributed by atoms with Gasteiger partial charge in [-0.2, -0.15) is 0 Å². The summed E-state index contributed by atoms with van der Waals surface area (Å²) >= 11 is 3.43. The number of rotatable bonds is 5. The molecule has 15 heavy (non-hydrogen) atoms. The molecule has 0 aliphatic heterocycles. The Labute approximate surface area is 101 Å². The second-order valence-corrected chi connectivity index (χ2v) is 4.83. The molecular formula is C13H19BrO. The van der Waals surface area contributed by atoms with Gasteiger partial charge in [0.05, 0.1) is 6.61 Å². The van der Waals surface area contributed by atoms with Crippen molar-refractivity contribution in [3.05, 3.63) is 34.3 Å². The van der Waals surface area contributed by atoms with Gasteiger partial charge in [-0.05, 0) is 23.6 Å². The van der Waals surface area contributed by atoms with Crippen molar-refractivity contribution in [1.82, 2.24) is 0 Å². The lowest BCUT2D eigenvalue weighted by atomic mass is 9.83. The summed E-state index contributed by atoms with van der Waals surface area (Å²) in [6.07, 6.45) is 2.25. The quantitative estimate of drug-likeness (QED) is 0.859. The largest absolute Gasteiger partial charge is 0.396 e. The van der Waals surface area contributed by atoms with Crippen LogP contribution in [-0.2, 0) is 0 Å². The third-order valence-corrected chi connectivity index (χ3v) is 3.64. The van der Waals surface area contributed by atoms with Gasteiger partial charge in [0.1, 0.15) is 0 Å². The predicted molar refractivity (Wildman–Crippen MR) is 68.0 cm³/mol. The van der Waals surface area contributed by atoms with E-state index in [4.69, 9.17) is 0 Å². The third-order valence-electron chi connectivity index (χ3n) is 3.11. The van der Waals surface area contributed by atoms with Crippen LogP contribution in [0.15, 0.2) is 28.7 Å². The monoisotopic (exact) mass is 270 g/mol. The Morgan fingerprint density at radius 3 is 2.07 bits per heavy atom. The molecule has 0 heterocycles. The Bertz CT molecular complexity index is 277. The van der Waals surface area contributed by atoms with E-state index in [0.29, 0.717) is 5.92 Å². The minimum Gasteiger partial charge on any atom is -0.396 e. The third kappa shape index (κ3) is 3.32. The molecule has 0 saturated carbocycles. The fourth-order valence-electron chi connectivity index (χ4n) is 2.09. The van der Waals surface area contributed by atoms with Crippen molar-refractivity contribution in [3.63, 3.8) is 0 Å². The van der Waals surface area contributed by atoms with E-state index in [2.05, 4.69) is 41.9 Å². The molecule has 1 aromatic rings. The highest BCUT2D eigenvalue weighted by atomic mass is 79.9. The van der Waals surface area contributed by atoms with Gasteiger partial charge in [0.15, 0.2) is 0 Å². The van der Waals surface area contributed by atoms with Crippen molar-refractivity contribution in [1.29, 1.82) is 0 Å². The normalized spacial score (nSPS) is 13.1. The van der Waals surface area contributed by atoms with Gasteiger partial charge in [-0.1, -0.05) is 54.8 Å². The highest BCUT2D eigenvalue weighted by Crippen LogP contribution is 2.29. The molecule has 1 atom stereocenters. The fraction of sp³-hybridized carbons (Fsp3) is 0.538. The first-order valence-corrected chi connectivity index (χ1v) is 6.38. The van der Waals surface area contributed by atoms with Crippen molar-refractivity contribution in [2.45, 2.75) is 32.6 Å². The van der Waals surface area contributed by atoms with Crippen molar-refractivity contribution in [3.8, 4) is 0 Å². The van der Waals surface area contributed by atoms with Crippen LogP contribution in [0, 0.1) is 5.92 Å². The highest BCUT2D eigenvalue weighted by molar-refractivity contribution is 9.10. The van der Waals surface area contributed by atoms with E-state index in [9.17, 15) is 5.11 Å². The van der Waals surface area contributed by atoms with E-state index < -0.39 is 0 Å². The maximum Gasteiger partial charge on any atom is 0.0502 e. The van der Waals surface area contributed by atoms with Crippen LogP contribution >= 0.6 is 15.9 Å². The summed E-state index contributed by atoms with van der Waals surface area (Å²) in [4.78, 5) is 0. The van der Waals surface area contributed by atoms with Crippen LogP contribution in [0.4, 0.5) is 0 Å². The Hall–Kier alpha value is -0.340. The Kier molecular flexibility index (Phi) is 5.34. The maximum atomic E-state index is 9.47. The van der Waals surface area contributed by atoms with E-state index in [1.54, 1.807) is 0 Å². The van der Waals surface area contributed by atoms with Gasteiger partial charge in [0.25, 0.3) is 0 Å². The average molecular weight is 271 g/mol. The topological polar surface area (TPSA) is 20.2 Å². The van der Waals surface area contributed by atoms with Gasteiger partial charge in [0.2, 0.25) is 0 Å². The molecule has 0 aliphatic rings. The zero-order valence-corrected chi connectivity index (χ0v) is 11.0. The van der Waals surface area contributed by atoms with Crippen molar-refractivity contribution in [2.75, 3.05) is 6.61 Å². The Morgan fingerprint density at radius 1 is 1.13 bits per heavy atom. The Morgan fingerprint density at radius 2 is 1.67 bits per heavy atom. The number of hydrogen-bond acceptors (Lipinski definition) is 1. The van der Waals surface area contributed by atoms with E-state index in [1.807, 2.05) is 12.1 Å². The Balaban J connectivity index is 2.86. The fourth-order valence-corrected chi connectivity index (χ4v) is 2.36. The summed E-state index contributed by atoms with van der Waals surface area (Å²) < 4.78 is 1.09. The van der Waals surface area contributed by atoms with Crippen LogP contribution in [0.5, 0.6) is 0 Å². The second kappa shape index (κ2) is 6.29. The summed E-state index contributed by atoms with van der Waals surface area (Å²) in [5, 5.41) is 9.47. The van der Waals surface area contributed by atoms with Crippen LogP contribution in [0.1, 0.15) is 38.2 Å². The lowest BCUT2D eigenvalue weighted by molar-refractivity contribution is 0.218. The summed E-state index contributed by atoms with van der Waals surface area (Å²) in [5.74, 6) is 0.865. The van der Waals surface area contributed by atoms with Crippen LogP contribution in [0.3, 0.4) is 0 Å². The number of aliphatic hydroxyl groups excluding tert-OH is 1. The molecule has 1 nitrogen and oxygen atoms in total. The molecular weight excluding hydrogens is 252 g/mol. The van der Waals surface area contributed by atoms with Gasteiger partial charge in [-0.15, -0.1) is 0 Å². The van der Waals surface area contributed by atoms with Crippen molar-refractivity contribution < 1.29 is 5.11 Å². The highest BCUT2D eigenvalue weighted by Gasteiger charge is 2.19. The van der Waals surface area contributed by atoms with Crippen molar-refractivity contribution >= 4 is 15.9 Å². The first kappa shape index (κ1) is 12.7. The molecule has 0 bridgehead atoms. The SMILES string of the molecule is CCC(CC)C(CO)c1ccc(Br)cc1. The molecule has 84 valence electrons. The molecule has 1 aromatic carbocycles. The molecule has 0 spiro atoms. The zero-order valence-electron chi connectivity index (χ0n) is 9.41. The standard InChI is InChI=1S/C13H19BrO/c1-3-10(4-2)13(9-15)11-5-7-12(14)8-6-11/h5-8,10,13,15H,3-4,9H2,1-2H3. The van der Waals surface area contributed by atoms with Crippen LogP contribution in [0.2, 0.25) is 0 Å². The van der Waals surface area contributed by atoms with Crippen LogP contribution in [-0.4, -0.2) is 11.7 Å². The number of halogens is 1. The first-order valence-electron chi connectivity index (χ1n) is 5.59. The van der Waals surface area contributed by atoms with E-state index >= 15 is 0 Å². The predicted octanol–water partition coefficient (Wildman–Crippen LogP) is 3.96. The zero-order chi connectivity index (χ0) is 11.3. The summed E-state index contributed by atoms with van der Waals surface area (Å²) in [6.45, 7) is 4.62. The van der Waals surface area contributed by atoms with E-state index in [-0.39, 0.29) is 12.5 Å². The minimum atomic E-state index is 0.244. The van der Waals surface area contributed by atoms with Gasteiger partial charge < -0.3 is 5.11 Å². The van der Waals surface area contributed by atoms with Gasteiger partial charge in [0, 0.05) is 10.4 Å². The molecule has 0 aliphatic carbocycles. The number of aliphatic hydroxyl groups is 1. The smallest absolute Gasteiger partial charge is 0.0502 e. The van der Waals surface area contributed by atoms with E-state index in [1.165, 1.54) is 5.56 Å². The summed E-state index contributed by atoms with van der Waals surface area (Å²) in [7, 11) is 0. The second-order valence-electron chi connectivity index (χ2n) is 3.92. The molecule has 1 rings (SSSR count). The summed E-state index contributed by atoms with van der Waals surface area (Å²) in [5.41, 5.74) is 1.24. The maximum absolute atomic E-state index is 9.47. The summed E-state index contributed by atoms with van der Waals surface area (Å²) in [6, 6.07) is 8.29.